The van der Waals surface area contributed by atoms with Gasteiger partial charge in [0.1, 0.15) is 0 Å². The molecule has 0 saturated heterocycles. The molecule has 1 atom stereocenters. The average molecular weight is 355 g/mol. The van der Waals surface area contributed by atoms with Gasteiger partial charge in [-0.1, -0.05) is 26.0 Å². The number of hydrogen-bond donors (Lipinski definition) is 1. The second kappa shape index (κ2) is 5.74. The number of nitrogens with zero attached hydrogens (tertiary/aromatic N) is 2. The van der Waals surface area contributed by atoms with Gasteiger partial charge in [-0.25, -0.2) is 0 Å². The number of aromatic nitrogens is 2. The van der Waals surface area contributed by atoms with Crippen molar-refractivity contribution in [3.05, 3.63) is 77.4 Å². The Morgan fingerprint density at radius 3 is 2.67 bits per heavy atom. The molecule has 3 heterocycles. The number of Topliss-reactive ketones (excluding diaryl/α,β-unsaturated/α-hetero) is 1. The molecule has 0 bridgehead atoms. The lowest BCUT2D eigenvalue weighted by Gasteiger charge is -2.39. The number of carbonyl (C=O) groups excluding carboxylic acids is 1. The summed E-state index contributed by atoms with van der Waals surface area (Å²) >= 11 is 0. The number of rotatable bonds is 1. The quantitative estimate of drug-likeness (QED) is 0.679. The van der Waals surface area contributed by atoms with Gasteiger partial charge >= 0.3 is 0 Å². The summed E-state index contributed by atoms with van der Waals surface area (Å²) in [7, 11) is 0. The topological polar surface area (TPSA) is 54.9 Å². The van der Waals surface area contributed by atoms with Crippen LogP contribution in [0.4, 0.5) is 5.69 Å². The van der Waals surface area contributed by atoms with Crippen LogP contribution in [0, 0.1) is 5.41 Å². The van der Waals surface area contributed by atoms with Crippen molar-refractivity contribution in [2.75, 3.05) is 5.32 Å². The smallest absolute Gasteiger partial charge is 0.162 e. The fourth-order valence-electron chi connectivity index (χ4n) is 4.53. The fraction of sp³-hybridized carbons (Fsp3) is 0.261. The number of pyridine rings is 2. The summed E-state index contributed by atoms with van der Waals surface area (Å²) < 4.78 is 0. The molecule has 27 heavy (non-hydrogen) atoms. The second-order valence-electron chi connectivity index (χ2n) is 8.24. The number of nitrogens with one attached hydrogen (secondary N) is 1. The van der Waals surface area contributed by atoms with Crippen molar-refractivity contribution in [3.63, 3.8) is 0 Å². The molecule has 0 saturated carbocycles. The van der Waals surface area contributed by atoms with Crippen LogP contribution in [-0.2, 0) is 4.79 Å². The highest BCUT2D eigenvalue weighted by Crippen LogP contribution is 2.50. The van der Waals surface area contributed by atoms with E-state index in [9.17, 15) is 4.79 Å². The van der Waals surface area contributed by atoms with Crippen LogP contribution in [-0.4, -0.2) is 15.8 Å². The Bertz CT molecular complexity index is 1100. The molecule has 4 heteroatoms. The highest BCUT2D eigenvalue weighted by Gasteiger charge is 2.41. The molecule has 0 amide bonds. The maximum Gasteiger partial charge on any atom is 0.162 e. The predicted octanol–water partition coefficient (Wildman–Crippen LogP) is 4.83. The van der Waals surface area contributed by atoms with Crippen LogP contribution >= 0.6 is 0 Å². The first kappa shape index (κ1) is 16.2. The molecule has 0 fully saturated rings. The molecule has 2 aromatic heterocycles. The minimum absolute atomic E-state index is 0.0342. The van der Waals surface area contributed by atoms with Gasteiger partial charge < -0.3 is 5.32 Å². The molecular formula is C23H21N3O. The van der Waals surface area contributed by atoms with E-state index in [-0.39, 0.29) is 17.1 Å². The largest absolute Gasteiger partial charge is 0.358 e. The van der Waals surface area contributed by atoms with Gasteiger partial charge in [0.2, 0.25) is 0 Å². The first-order valence-electron chi connectivity index (χ1n) is 9.35. The Hall–Kier alpha value is -3.01. The van der Waals surface area contributed by atoms with E-state index in [0.29, 0.717) is 6.42 Å². The Morgan fingerprint density at radius 2 is 1.85 bits per heavy atom. The van der Waals surface area contributed by atoms with Gasteiger partial charge in [-0.05, 0) is 47.7 Å². The third-order valence-electron chi connectivity index (χ3n) is 5.59. The Balaban J connectivity index is 1.82. The average Bonchev–Trinajstić information content (AvgIpc) is 2.66. The number of allylic oxidation sites excluding steroid dienone is 2. The lowest BCUT2D eigenvalue weighted by molar-refractivity contribution is -0.118. The van der Waals surface area contributed by atoms with Gasteiger partial charge in [-0.2, -0.15) is 0 Å². The summed E-state index contributed by atoms with van der Waals surface area (Å²) in [5.41, 5.74) is 5.89. The molecule has 0 radical (unpaired) electrons. The highest BCUT2D eigenvalue weighted by atomic mass is 16.1. The van der Waals surface area contributed by atoms with Crippen LogP contribution in [0.25, 0.3) is 10.9 Å². The van der Waals surface area contributed by atoms with Crippen molar-refractivity contribution in [2.24, 2.45) is 5.41 Å². The summed E-state index contributed by atoms with van der Waals surface area (Å²) in [6.45, 7) is 4.32. The van der Waals surface area contributed by atoms with Crippen molar-refractivity contribution < 1.29 is 4.79 Å². The number of anilines is 1. The second-order valence-corrected chi connectivity index (χ2v) is 8.24. The summed E-state index contributed by atoms with van der Waals surface area (Å²) in [6.07, 6.45) is 5.04. The van der Waals surface area contributed by atoms with E-state index in [2.05, 4.69) is 41.3 Å². The molecular weight excluding hydrogens is 334 g/mol. The van der Waals surface area contributed by atoms with Crippen LogP contribution in [0.2, 0.25) is 0 Å². The van der Waals surface area contributed by atoms with Gasteiger partial charge in [0.25, 0.3) is 0 Å². The number of ketones is 1. The maximum absolute atomic E-state index is 13.2. The highest BCUT2D eigenvalue weighted by molar-refractivity contribution is 6.03. The SMILES string of the molecule is CC1(C)CC(=O)C2=C(C1)Nc1ccc3ncccc3c1C2c1ccccn1. The van der Waals surface area contributed by atoms with Gasteiger partial charge in [-0.3, -0.25) is 14.8 Å². The van der Waals surface area contributed by atoms with E-state index in [0.717, 1.165) is 45.5 Å². The van der Waals surface area contributed by atoms with Crippen LogP contribution in [0.1, 0.15) is 43.9 Å². The minimum Gasteiger partial charge on any atom is -0.358 e. The number of hydrogen-bond acceptors (Lipinski definition) is 4. The fourth-order valence-corrected chi connectivity index (χ4v) is 4.53. The van der Waals surface area contributed by atoms with E-state index < -0.39 is 0 Å². The van der Waals surface area contributed by atoms with Crippen LogP contribution in [0.15, 0.2) is 66.1 Å². The summed E-state index contributed by atoms with van der Waals surface area (Å²) in [5.74, 6) is 0.0601. The summed E-state index contributed by atoms with van der Waals surface area (Å²) in [5, 5.41) is 4.65. The first-order chi connectivity index (χ1) is 13.0. The van der Waals surface area contributed by atoms with Crippen molar-refractivity contribution in [1.82, 2.24) is 9.97 Å². The molecule has 3 aromatic rings. The van der Waals surface area contributed by atoms with Crippen LogP contribution in [0.5, 0.6) is 0 Å². The van der Waals surface area contributed by atoms with Crippen molar-refractivity contribution in [2.45, 2.75) is 32.6 Å². The molecule has 1 aromatic carbocycles. The normalized spacial score (nSPS) is 20.8. The maximum atomic E-state index is 13.2. The zero-order valence-corrected chi connectivity index (χ0v) is 15.5. The lowest BCUT2D eigenvalue weighted by atomic mass is 9.69. The molecule has 4 nitrogen and oxygen atoms in total. The van der Waals surface area contributed by atoms with E-state index in [1.807, 2.05) is 30.3 Å². The molecule has 1 aliphatic heterocycles. The Morgan fingerprint density at radius 1 is 1.00 bits per heavy atom. The van der Waals surface area contributed by atoms with Gasteiger partial charge in [0.15, 0.2) is 5.78 Å². The molecule has 1 aliphatic carbocycles. The van der Waals surface area contributed by atoms with Gasteiger partial charge in [-0.15, -0.1) is 0 Å². The van der Waals surface area contributed by atoms with Crippen molar-refractivity contribution >= 4 is 22.4 Å². The minimum atomic E-state index is -0.158. The third kappa shape index (κ3) is 2.55. The number of carbonyl (C=O) groups is 1. The van der Waals surface area contributed by atoms with E-state index in [4.69, 9.17) is 0 Å². The van der Waals surface area contributed by atoms with Crippen molar-refractivity contribution in [1.29, 1.82) is 0 Å². The Labute approximate surface area is 158 Å². The zero-order chi connectivity index (χ0) is 18.6. The van der Waals surface area contributed by atoms with Gasteiger partial charge in [0, 0.05) is 41.2 Å². The molecule has 2 aliphatic rings. The molecule has 1 unspecified atom stereocenters. The molecule has 5 rings (SSSR count). The van der Waals surface area contributed by atoms with E-state index in [1.165, 1.54) is 0 Å². The zero-order valence-electron chi connectivity index (χ0n) is 15.5. The standard InChI is InChI=1S/C23H21N3O/c1-23(2)12-18-21(19(27)13-23)22(16-7-3-4-10-25-16)20-14-6-5-11-24-15(14)8-9-17(20)26-18/h3-11,22,26H,12-13H2,1-2H3. The lowest BCUT2D eigenvalue weighted by Crippen LogP contribution is -2.34. The third-order valence-corrected chi connectivity index (χ3v) is 5.59. The number of benzene rings is 1. The monoisotopic (exact) mass is 355 g/mol. The van der Waals surface area contributed by atoms with Crippen LogP contribution in [0.3, 0.4) is 0 Å². The molecule has 134 valence electrons. The van der Waals surface area contributed by atoms with E-state index in [1.54, 1.807) is 12.4 Å². The number of fused-ring (bicyclic) bond motifs is 3. The predicted molar refractivity (Wildman–Crippen MR) is 106 cm³/mol. The molecule has 1 N–H and O–H groups in total. The molecule has 0 spiro atoms. The summed E-state index contributed by atoms with van der Waals surface area (Å²) in [4.78, 5) is 22.4. The summed E-state index contributed by atoms with van der Waals surface area (Å²) in [6, 6.07) is 14.1. The van der Waals surface area contributed by atoms with Crippen molar-refractivity contribution in [3.8, 4) is 0 Å². The Kier molecular flexibility index (Phi) is 3.44. The van der Waals surface area contributed by atoms with Crippen LogP contribution < -0.4 is 5.32 Å². The first-order valence-corrected chi connectivity index (χ1v) is 9.35. The van der Waals surface area contributed by atoms with E-state index >= 15 is 0 Å². The van der Waals surface area contributed by atoms with Gasteiger partial charge in [0.05, 0.1) is 17.1 Å².